The number of hydrogen-bond acceptors (Lipinski definition) is 2. The van der Waals surface area contributed by atoms with E-state index in [1.807, 2.05) is 6.92 Å². The van der Waals surface area contributed by atoms with Crippen LogP contribution in [0.15, 0.2) is 17.2 Å². The van der Waals surface area contributed by atoms with Gasteiger partial charge in [-0.15, -0.1) is 0 Å². The van der Waals surface area contributed by atoms with E-state index < -0.39 is 0 Å². The van der Waals surface area contributed by atoms with Gasteiger partial charge in [0.15, 0.2) is 0 Å². The second-order valence-corrected chi connectivity index (χ2v) is 3.82. The molecule has 0 amide bonds. The quantitative estimate of drug-likeness (QED) is 0.685. The zero-order chi connectivity index (χ0) is 9.26. The van der Waals surface area contributed by atoms with Gasteiger partial charge < -0.3 is 0 Å². The molecule has 1 aliphatic rings. The molecule has 1 aliphatic carbocycles. The fraction of sp³-hybridized carbons (Fsp3) is 0.600. The van der Waals surface area contributed by atoms with E-state index in [-0.39, 0.29) is 5.56 Å². The van der Waals surface area contributed by atoms with Crippen molar-refractivity contribution in [2.24, 2.45) is 5.92 Å². The molecular formula is C10H14N2O. The summed E-state index contributed by atoms with van der Waals surface area (Å²) < 4.78 is 1.72. The molecule has 70 valence electrons. The average molecular weight is 178 g/mol. The predicted molar refractivity (Wildman–Crippen MR) is 50.6 cm³/mol. The van der Waals surface area contributed by atoms with Crippen molar-refractivity contribution in [1.29, 1.82) is 0 Å². The van der Waals surface area contributed by atoms with E-state index >= 15 is 0 Å². The Hall–Kier alpha value is -1.12. The van der Waals surface area contributed by atoms with Crippen LogP contribution in [0.4, 0.5) is 0 Å². The van der Waals surface area contributed by atoms with Gasteiger partial charge in [-0.1, -0.05) is 6.42 Å². The number of nitrogens with zero attached hydrogens (tertiary/aromatic N) is 2. The minimum Gasteiger partial charge on any atom is -0.299 e. The Morgan fingerprint density at radius 3 is 2.92 bits per heavy atom. The summed E-state index contributed by atoms with van der Waals surface area (Å²) in [6.45, 7) is 2.70. The molecule has 0 N–H and O–H groups in total. The van der Waals surface area contributed by atoms with Gasteiger partial charge in [0.25, 0.3) is 5.56 Å². The first-order valence-corrected chi connectivity index (χ1v) is 4.79. The van der Waals surface area contributed by atoms with E-state index in [2.05, 4.69) is 4.98 Å². The SMILES string of the molecule is Cc1cc(=O)n(CC2CCC2)cn1. The highest BCUT2D eigenvalue weighted by Gasteiger charge is 2.17. The van der Waals surface area contributed by atoms with Crippen molar-refractivity contribution in [3.05, 3.63) is 28.4 Å². The van der Waals surface area contributed by atoms with Crippen LogP contribution < -0.4 is 5.56 Å². The minimum absolute atomic E-state index is 0.0828. The summed E-state index contributed by atoms with van der Waals surface area (Å²) in [5.74, 6) is 0.710. The molecule has 0 bridgehead atoms. The van der Waals surface area contributed by atoms with E-state index in [0.717, 1.165) is 12.2 Å². The van der Waals surface area contributed by atoms with Crippen LogP contribution in [0.2, 0.25) is 0 Å². The Labute approximate surface area is 77.4 Å². The number of aryl methyl sites for hydroxylation is 1. The molecule has 3 nitrogen and oxygen atoms in total. The van der Waals surface area contributed by atoms with Gasteiger partial charge in [-0.3, -0.25) is 9.36 Å². The summed E-state index contributed by atoms with van der Waals surface area (Å²) in [6.07, 6.45) is 5.51. The molecule has 0 unspecified atom stereocenters. The molecule has 2 rings (SSSR count). The topological polar surface area (TPSA) is 34.9 Å². The third-order valence-corrected chi connectivity index (χ3v) is 2.70. The van der Waals surface area contributed by atoms with Gasteiger partial charge >= 0.3 is 0 Å². The van der Waals surface area contributed by atoms with Crippen molar-refractivity contribution in [3.63, 3.8) is 0 Å². The van der Waals surface area contributed by atoms with E-state index in [0.29, 0.717) is 5.92 Å². The first-order chi connectivity index (χ1) is 6.25. The Morgan fingerprint density at radius 2 is 2.38 bits per heavy atom. The molecule has 1 aromatic rings. The smallest absolute Gasteiger partial charge is 0.253 e. The molecule has 13 heavy (non-hydrogen) atoms. The van der Waals surface area contributed by atoms with Gasteiger partial charge in [-0.2, -0.15) is 0 Å². The Bertz CT molecular complexity index is 352. The van der Waals surface area contributed by atoms with Gasteiger partial charge in [-0.25, -0.2) is 4.98 Å². The predicted octanol–water partition coefficient (Wildman–Crippen LogP) is 1.35. The van der Waals surface area contributed by atoms with Crippen molar-refractivity contribution in [2.45, 2.75) is 32.7 Å². The monoisotopic (exact) mass is 178 g/mol. The second-order valence-electron chi connectivity index (χ2n) is 3.82. The zero-order valence-electron chi connectivity index (χ0n) is 7.86. The highest BCUT2D eigenvalue weighted by Crippen LogP contribution is 2.27. The van der Waals surface area contributed by atoms with E-state index in [9.17, 15) is 4.79 Å². The van der Waals surface area contributed by atoms with Crippen molar-refractivity contribution in [3.8, 4) is 0 Å². The summed E-state index contributed by atoms with van der Waals surface area (Å²) >= 11 is 0. The standard InChI is InChI=1S/C10H14N2O/c1-8-5-10(13)12(7-11-8)6-9-3-2-4-9/h5,7,9H,2-4,6H2,1H3. The van der Waals surface area contributed by atoms with Crippen LogP contribution in [-0.4, -0.2) is 9.55 Å². The van der Waals surface area contributed by atoms with Gasteiger partial charge in [-0.05, 0) is 25.7 Å². The van der Waals surface area contributed by atoms with Crippen molar-refractivity contribution in [2.75, 3.05) is 0 Å². The lowest BCUT2D eigenvalue weighted by Crippen LogP contribution is -2.26. The number of rotatable bonds is 2. The third-order valence-electron chi connectivity index (χ3n) is 2.70. The molecule has 0 saturated heterocycles. The molecule has 1 saturated carbocycles. The average Bonchev–Trinajstić information content (AvgIpc) is 1.99. The maximum atomic E-state index is 11.4. The van der Waals surface area contributed by atoms with E-state index in [4.69, 9.17) is 0 Å². The molecule has 0 aliphatic heterocycles. The highest BCUT2D eigenvalue weighted by atomic mass is 16.1. The maximum absolute atomic E-state index is 11.4. The largest absolute Gasteiger partial charge is 0.299 e. The van der Waals surface area contributed by atoms with Gasteiger partial charge in [0, 0.05) is 18.3 Å². The number of hydrogen-bond donors (Lipinski definition) is 0. The first kappa shape index (κ1) is 8.48. The van der Waals surface area contributed by atoms with Crippen LogP contribution >= 0.6 is 0 Å². The van der Waals surface area contributed by atoms with Gasteiger partial charge in [0.1, 0.15) is 0 Å². The molecule has 0 aromatic carbocycles. The summed E-state index contributed by atoms with van der Waals surface area (Å²) in [6, 6.07) is 1.60. The Kier molecular flexibility index (Phi) is 2.17. The van der Waals surface area contributed by atoms with Crippen LogP contribution in [0.3, 0.4) is 0 Å². The van der Waals surface area contributed by atoms with Crippen molar-refractivity contribution in [1.82, 2.24) is 9.55 Å². The minimum atomic E-state index is 0.0828. The Balaban J connectivity index is 2.15. The first-order valence-electron chi connectivity index (χ1n) is 4.79. The lowest BCUT2D eigenvalue weighted by molar-refractivity contribution is 0.272. The van der Waals surface area contributed by atoms with Crippen molar-refractivity contribution >= 4 is 0 Å². The number of aromatic nitrogens is 2. The molecular weight excluding hydrogens is 164 g/mol. The van der Waals surface area contributed by atoms with Crippen LogP contribution in [0.25, 0.3) is 0 Å². The summed E-state index contributed by atoms with van der Waals surface area (Å²) in [5, 5.41) is 0. The normalized spacial score (nSPS) is 17.0. The highest BCUT2D eigenvalue weighted by molar-refractivity contribution is 4.96. The summed E-state index contributed by atoms with van der Waals surface area (Å²) in [7, 11) is 0. The summed E-state index contributed by atoms with van der Waals surface area (Å²) in [5.41, 5.74) is 0.884. The molecule has 0 spiro atoms. The van der Waals surface area contributed by atoms with E-state index in [1.54, 1.807) is 17.0 Å². The lowest BCUT2D eigenvalue weighted by atomic mass is 9.85. The molecule has 0 radical (unpaired) electrons. The second kappa shape index (κ2) is 3.32. The van der Waals surface area contributed by atoms with Crippen molar-refractivity contribution < 1.29 is 0 Å². The summed E-state index contributed by atoms with van der Waals surface area (Å²) in [4.78, 5) is 15.6. The third kappa shape index (κ3) is 1.79. The fourth-order valence-corrected chi connectivity index (χ4v) is 1.61. The Morgan fingerprint density at radius 1 is 1.62 bits per heavy atom. The molecule has 1 heterocycles. The van der Waals surface area contributed by atoms with Crippen LogP contribution in [0, 0.1) is 12.8 Å². The van der Waals surface area contributed by atoms with Crippen LogP contribution in [0.1, 0.15) is 25.0 Å². The lowest BCUT2D eigenvalue weighted by Gasteiger charge is -2.25. The fourth-order valence-electron chi connectivity index (χ4n) is 1.61. The molecule has 1 aromatic heterocycles. The van der Waals surface area contributed by atoms with E-state index in [1.165, 1.54) is 19.3 Å². The van der Waals surface area contributed by atoms with Crippen LogP contribution in [0.5, 0.6) is 0 Å². The maximum Gasteiger partial charge on any atom is 0.253 e. The zero-order valence-corrected chi connectivity index (χ0v) is 7.86. The van der Waals surface area contributed by atoms with Crippen LogP contribution in [-0.2, 0) is 6.54 Å². The van der Waals surface area contributed by atoms with Gasteiger partial charge in [0.2, 0.25) is 0 Å². The molecule has 3 heteroatoms. The van der Waals surface area contributed by atoms with Gasteiger partial charge in [0.05, 0.1) is 6.33 Å². The molecule has 0 atom stereocenters. The molecule has 1 fully saturated rings.